The normalized spacial score (nSPS) is 10.7. The SMILES string of the molecule is c1ccc(-c2cccc[c]2[Al]([c]2ccccc2-c2ccccc2)[c]2ccccc2-c2ccccc2)cc1. The molecule has 1 heteroatoms. The maximum atomic E-state index is 2.36. The Morgan fingerprint density at radius 2 is 0.486 bits per heavy atom. The molecule has 6 rings (SSSR count). The highest BCUT2D eigenvalue weighted by atomic mass is 27.2. The second-order valence-corrected chi connectivity index (χ2v) is 12.0. The van der Waals surface area contributed by atoms with Gasteiger partial charge in [0.2, 0.25) is 0 Å². The van der Waals surface area contributed by atoms with Crippen LogP contribution in [-0.2, 0) is 0 Å². The average molecular weight is 487 g/mol. The minimum Gasteiger partial charge on any atom is -0.0910 e. The van der Waals surface area contributed by atoms with E-state index in [-0.39, 0.29) is 0 Å². The van der Waals surface area contributed by atoms with Crippen LogP contribution in [0, 0.1) is 0 Å². The van der Waals surface area contributed by atoms with Crippen LogP contribution in [0.2, 0.25) is 0 Å². The van der Waals surface area contributed by atoms with Gasteiger partial charge in [-0.3, -0.25) is 0 Å². The van der Waals surface area contributed by atoms with Crippen molar-refractivity contribution in [2.24, 2.45) is 0 Å². The third kappa shape index (κ3) is 4.81. The summed E-state index contributed by atoms with van der Waals surface area (Å²) >= 11 is -1.94. The molecule has 0 amide bonds. The van der Waals surface area contributed by atoms with E-state index in [9.17, 15) is 0 Å². The number of benzene rings is 6. The standard InChI is InChI=1S/3C12H9.Al/c3*1-3-7-11(8-4-1)12-9-5-2-6-10-12;/h3*1-9H;. The predicted octanol–water partition coefficient (Wildman–Crippen LogP) is 7.20. The summed E-state index contributed by atoms with van der Waals surface area (Å²) in [5.41, 5.74) is 7.78. The van der Waals surface area contributed by atoms with Crippen molar-refractivity contribution in [2.45, 2.75) is 0 Å². The van der Waals surface area contributed by atoms with E-state index in [1.165, 1.54) is 46.7 Å². The number of rotatable bonds is 6. The second kappa shape index (κ2) is 10.9. The van der Waals surface area contributed by atoms with Gasteiger partial charge < -0.3 is 0 Å². The molecule has 6 aromatic rings. The van der Waals surface area contributed by atoms with Crippen LogP contribution in [0.5, 0.6) is 0 Å². The molecule has 0 aliphatic rings. The Bertz CT molecular complexity index is 1410. The Labute approximate surface area is 223 Å². The molecular weight excluding hydrogens is 459 g/mol. The van der Waals surface area contributed by atoms with Crippen LogP contribution in [0.3, 0.4) is 0 Å². The molecule has 0 N–H and O–H groups in total. The van der Waals surface area contributed by atoms with Crippen LogP contribution in [0.15, 0.2) is 164 Å². The molecule has 0 nitrogen and oxygen atoms in total. The van der Waals surface area contributed by atoms with Crippen LogP contribution < -0.4 is 13.3 Å². The van der Waals surface area contributed by atoms with Crippen molar-refractivity contribution >= 4 is 27.4 Å². The zero-order chi connectivity index (χ0) is 24.9. The van der Waals surface area contributed by atoms with E-state index in [1.54, 1.807) is 0 Å². The van der Waals surface area contributed by atoms with E-state index in [4.69, 9.17) is 0 Å². The topological polar surface area (TPSA) is 0 Å². The fourth-order valence-corrected chi connectivity index (χ4v) is 9.03. The molecule has 0 atom stereocenters. The van der Waals surface area contributed by atoms with Crippen molar-refractivity contribution in [3.05, 3.63) is 164 Å². The summed E-state index contributed by atoms with van der Waals surface area (Å²) in [6, 6.07) is 59.6. The molecule has 174 valence electrons. The maximum absolute atomic E-state index is 2.36. The quantitative estimate of drug-likeness (QED) is 0.218. The fraction of sp³-hybridized carbons (Fsp3) is 0. The van der Waals surface area contributed by atoms with Crippen LogP contribution in [-0.4, -0.2) is 14.1 Å². The smallest absolute Gasteiger partial charge is 0.0910 e. The third-order valence-corrected chi connectivity index (χ3v) is 10.4. The molecule has 0 fully saturated rings. The summed E-state index contributed by atoms with van der Waals surface area (Å²) in [5, 5.41) is 0. The van der Waals surface area contributed by atoms with Gasteiger partial charge in [-0.25, -0.2) is 0 Å². The molecule has 0 aliphatic carbocycles. The van der Waals surface area contributed by atoms with E-state index in [0.717, 1.165) is 0 Å². The highest BCUT2D eigenvalue weighted by molar-refractivity contribution is 6.97. The highest BCUT2D eigenvalue weighted by Gasteiger charge is 2.32. The third-order valence-electron chi connectivity index (χ3n) is 7.07. The molecular formula is C36H27Al. The number of hydrogen-bond acceptors (Lipinski definition) is 0. The summed E-state index contributed by atoms with van der Waals surface area (Å²) in [5.74, 6) is 0. The first kappa shape index (κ1) is 23.3. The zero-order valence-corrected chi connectivity index (χ0v) is 21.8. The Morgan fingerprint density at radius 3 is 0.784 bits per heavy atom. The second-order valence-electron chi connectivity index (χ2n) is 9.29. The Balaban J connectivity index is 1.66. The molecule has 0 aromatic heterocycles. The van der Waals surface area contributed by atoms with Crippen molar-refractivity contribution < 1.29 is 0 Å². The van der Waals surface area contributed by atoms with E-state index >= 15 is 0 Å². The van der Waals surface area contributed by atoms with Crippen molar-refractivity contribution in [1.82, 2.24) is 0 Å². The van der Waals surface area contributed by atoms with Crippen LogP contribution >= 0.6 is 0 Å². The van der Waals surface area contributed by atoms with Crippen molar-refractivity contribution in [1.29, 1.82) is 0 Å². The summed E-state index contributed by atoms with van der Waals surface area (Å²) in [6.45, 7) is 0. The van der Waals surface area contributed by atoms with Gasteiger partial charge in [-0.1, -0.05) is 177 Å². The Hall–Kier alpha value is -4.15. The van der Waals surface area contributed by atoms with E-state index in [2.05, 4.69) is 164 Å². The van der Waals surface area contributed by atoms with E-state index in [1.807, 2.05) is 0 Å². The lowest BCUT2D eigenvalue weighted by molar-refractivity contribution is 1.62. The summed E-state index contributed by atoms with van der Waals surface area (Å²) in [6.07, 6.45) is 0. The molecule has 0 bridgehead atoms. The first-order valence-electron chi connectivity index (χ1n) is 12.8. The van der Waals surface area contributed by atoms with Gasteiger partial charge in [-0.2, -0.15) is 0 Å². The van der Waals surface area contributed by atoms with Gasteiger partial charge in [0.15, 0.2) is 0 Å². The van der Waals surface area contributed by atoms with Crippen LogP contribution in [0.4, 0.5) is 0 Å². The van der Waals surface area contributed by atoms with Gasteiger partial charge in [0.1, 0.15) is 0 Å². The first-order chi connectivity index (χ1) is 18.4. The zero-order valence-electron chi connectivity index (χ0n) is 20.7. The monoisotopic (exact) mass is 486 g/mol. The highest BCUT2D eigenvalue weighted by Crippen LogP contribution is 2.23. The minimum absolute atomic E-state index is 1.27. The summed E-state index contributed by atoms with van der Waals surface area (Å²) in [7, 11) is 0. The minimum atomic E-state index is -1.94. The molecule has 0 unspecified atom stereocenters. The Kier molecular flexibility index (Phi) is 6.82. The number of hydrogen-bond donors (Lipinski definition) is 0. The van der Waals surface area contributed by atoms with Crippen LogP contribution in [0.25, 0.3) is 33.4 Å². The van der Waals surface area contributed by atoms with Gasteiger partial charge in [-0.15, -0.1) is 0 Å². The molecule has 0 heterocycles. The lowest BCUT2D eigenvalue weighted by Gasteiger charge is -2.23. The molecule has 0 radical (unpaired) electrons. The van der Waals surface area contributed by atoms with Gasteiger partial charge in [0.05, 0.1) is 0 Å². The summed E-state index contributed by atoms with van der Waals surface area (Å²) in [4.78, 5) is 0. The van der Waals surface area contributed by atoms with Gasteiger partial charge >= 0.3 is 14.1 Å². The van der Waals surface area contributed by atoms with Crippen molar-refractivity contribution in [3.8, 4) is 33.4 Å². The van der Waals surface area contributed by atoms with E-state index in [0.29, 0.717) is 0 Å². The van der Waals surface area contributed by atoms with E-state index < -0.39 is 14.1 Å². The van der Waals surface area contributed by atoms with Crippen molar-refractivity contribution in [3.63, 3.8) is 0 Å². The lowest BCUT2D eigenvalue weighted by atomic mass is 10.1. The lowest BCUT2D eigenvalue weighted by Crippen LogP contribution is -2.54. The first-order valence-corrected chi connectivity index (χ1v) is 14.6. The largest absolute Gasteiger partial charge is 0.386 e. The average Bonchev–Trinajstić information content (AvgIpc) is 2.99. The van der Waals surface area contributed by atoms with Gasteiger partial charge in [0, 0.05) is 0 Å². The van der Waals surface area contributed by atoms with Crippen molar-refractivity contribution in [2.75, 3.05) is 0 Å². The fourth-order valence-electron chi connectivity index (χ4n) is 5.39. The van der Waals surface area contributed by atoms with Gasteiger partial charge in [-0.05, 0) is 33.4 Å². The molecule has 6 aromatic carbocycles. The molecule has 37 heavy (non-hydrogen) atoms. The summed E-state index contributed by atoms with van der Waals surface area (Å²) < 4.78 is 4.33. The molecule has 0 aliphatic heterocycles. The Morgan fingerprint density at radius 1 is 0.243 bits per heavy atom. The predicted molar refractivity (Wildman–Crippen MR) is 160 cm³/mol. The molecule has 0 saturated heterocycles. The van der Waals surface area contributed by atoms with Crippen LogP contribution in [0.1, 0.15) is 0 Å². The molecule has 0 saturated carbocycles. The maximum Gasteiger partial charge on any atom is 0.386 e. The molecule has 0 spiro atoms. The van der Waals surface area contributed by atoms with Gasteiger partial charge in [0.25, 0.3) is 0 Å².